The molecule has 1 aromatic heterocycles. The van der Waals surface area contributed by atoms with Crippen molar-refractivity contribution in [2.24, 2.45) is 4.36 Å². The molecule has 1 heterocycles. The summed E-state index contributed by atoms with van der Waals surface area (Å²) in [6, 6.07) is 9.10. The fourth-order valence-corrected chi connectivity index (χ4v) is 2.62. The molecule has 0 bridgehead atoms. The Bertz CT molecular complexity index is 720. The molecule has 3 N–H and O–H groups in total. The van der Waals surface area contributed by atoms with Crippen molar-refractivity contribution in [2.75, 3.05) is 17.3 Å². The second-order valence-corrected chi connectivity index (χ2v) is 6.39. The summed E-state index contributed by atoms with van der Waals surface area (Å²) in [6.45, 7) is 0. The van der Waals surface area contributed by atoms with E-state index < -0.39 is 15.8 Å². The first-order chi connectivity index (χ1) is 9.47. The molecule has 1 aromatic carbocycles. The van der Waals surface area contributed by atoms with Gasteiger partial charge in [0.15, 0.2) is 0 Å². The monoisotopic (exact) mass is 290 g/mol. The third-order valence-electron chi connectivity index (χ3n) is 2.49. The lowest BCUT2D eigenvalue weighted by Crippen LogP contribution is -2.10. The van der Waals surface area contributed by atoms with E-state index in [9.17, 15) is 9.00 Å². The third kappa shape index (κ3) is 3.55. The molecule has 0 radical (unpaired) electrons. The van der Waals surface area contributed by atoms with E-state index in [2.05, 4.69) is 14.7 Å². The summed E-state index contributed by atoms with van der Waals surface area (Å²) in [6.07, 6.45) is 4.47. The quantitative estimate of drug-likeness (QED) is 0.829. The van der Waals surface area contributed by atoms with Crippen LogP contribution in [0, 0.1) is 0 Å². The van der Waals surface area contributed by atoms with Crippen LogP contribution in [0.4, 0.5) is 16.2 Å². The molecule has 0 aliphatic carbocycles. The highest BCUT2D eigenvalue weighted by atomic mass is 32.2. The fourth-order valence-electron chi connectivity index (χ4n) is 1.51. The molecule has 2 amide bonds. The Kier molecular flexibility index (Phi) is 3.99. The Morgan fingerprint density at radius 2 is 2.00 bits per heavy atom. The molecular formula is C13H14N4O2S. The van der Waals surface area contributed by atoms with Gasteiger partial charge in [-0.2, -0.15) is 0 Å². The second kappa shape index (κ2) is 5.70. The molecule has 104 valence electrons. The number of anilines is 2. The van der Waals surface area contributed by atoms with Crippen molar-refractivity contribution >= 4 is 27.1 Å². The second-order valence-electron chi connectivity index (χ2n) is 4.13. The average Bonchev–Trinajstić information content (AvgIpc) is 2.39. The van der Waals surface area contributed by atoms with Crippen molar-refractivity contribution in [3.63, 3.8) is 0 Å². The molecular weight excluding hydrogens is 276 g/mol. The van der Waals surface area contributed by atoms with E-state index in [1.807, 2.05) is 0 Å². The number of rotatable bonds is 2. The summed E-state index contributed by atoms with van der Waals surface area (Å²) < 4.78 is 16.1. The molecule has 2 rings (SSSR count). The number of pyridine rings is 1. The number of nitrogen functional groups attached to an aromatic ring is 1. The smallest absolute Gasteiger partial charge is 0.353 e. The third-order valence-corrected chi connectivity index (χ3v) is 4.15. The van der Waals surface area contributed by atoms with Crippen molar-refractivity contribution in [1.29, 1.82) is 0 Å². The number of urea groups is 1. The van der Waals surface area contributed by atoms with Crippen molar-refractivity contribution in [3.05, 3.63) is 48.8 Å². The molecule has 1 atom stereocenters. The van der Waals surface area contributed by atoms with Crippen LogP contribution in [-0.2, 0) is 9.73 Å². The summed E-state index contributed by atoms with van der Waals surface area (Å²) in [5.74, 6) is 0. The largest absolute Gasteiger partial charge is 0.399 e. The van der Waals surface area contributed by atoms with Gasteiger partial charge in [0.05, 0.1) is 21.6 Å². The fraction of sp³-hybridized carbons (Fsp3) is 0.0769. The molecule has 1 unspecified atom stereocenters. The summed E-state index contributed by atoms with van der Waals surface area (Å²) in [5.41, 5.74) is 6.62. The Balaban J connectivity index is 2.22. The van der Waals surface area contributed by atoms with Gasteiger partial charge in [0.2, 0.25) is 0 Å². The summed E-state index contributed by atoms with van der Waals surface area (Å²) in [7, 11) is -2.81. The average molecular weight is 290 g/mol. The highest BCUT2D eigenvalue weighted by Crippen LogP contribution is 2.14. The zero-order chi connectivity index (χ0) is 14.6. The first-order valence-electron chi connectivity index (χ1n) is 5.76. The SMILES string of the molecule is CS(=O)(=NC(=O)Nc1cccnc1)c1ccc(N)cc1. The Morgan fingerprint density at radius 3 is 2.60 bits per heavy atom. The number of nitrogens with two attached hydrogens (primary N) is 1. The number of hydrogen-bond donors (Lipinski definition) is 2. The van der Waals surface area contributed by atoms with Gasteiger partial charge < -0.3 is 11.1 Å². The normalized spacial score (nSPS) is 13.2. The lowest BCUT2D eigenvalue weighted by Gasteiger charge is -2.05. The predicted molar refractivity (Wildman–Crippen MR) is 78.9 cm³/mol. The van der Waals surface area contributed by atoms with Crippen LogP contribution in [-0.4, -0.2) is 21.5 Å². The van der Waals surface area contributed by atoms with Crippen molar-refractivity contribution < 1.29 is 9.00 Å². The van der Waals surface area contributed by atoms with Gasteiger partial charge in [-0.15, -0.1) is 4.36 Å². The van der Waals surface area contributed by atoms with Crippen LogP contribution in [0.5, 0.6) is 0 Å². The first kappa shape index (κ1) is 14.0. The highest BCUT2D eigenvalue weighted by Gasteiger charge is 2.09. The number of benzene rings is 1. The lowest BCUT2D eigenvalue weighted by molar-refractivity contribution is 0.260. The van der Waals surface area contributed by atoms with Crippen LogP contribution in [0.15, 0.2) is 58.1 Å². The standard InChI is InChI=1S/C13H14N4O2S/c1-20(19,12-6-4-10(14)5-7-12)17-13(18)16-11-3-2-8-15-9-11/h2-9H,14H2,1H3,(H,16,18). The molecule has 0 saturated carbocycles. The number of amides is 2. The zero-order valence-electron chi connectivity index (χ0n) is 10.8. The highest BCUT2D eigenvalue weighted by molar-refractivity contribution is 7.93. The number of hydrogen-bond acceptors (Lipinski definition) is 4. The van der Waals surface area contributed by atoms with Gasteiger partial charge in [-0.3, -0.25) is 4.98 Å². The van der Waals surface area contributed by atoms with Gasteiger partial charge >= 0.3 is 6.03 Å². The molecule has 2 aromatic rings. The van der Waals surface area contributed by atoms with Gasteiger partial charge in [0, 0.05) is 23.0 Å². The first-order valence-corrected chi connectivity index (χ1v) is 7.68. The Hall–Kier alpha value is -2.41. The van der Waals surface area contributed by atoms with Crippen molar-refractivity contribution in [2.45, 2.75) is 4.90 Å². The molecule has 7 heteroatoms. The molecule has 0 saturated heterocycles. The predicted octanol–water partition coefficient (Wildman–Crippen LogP) is 2.35. The van der Waals surface area contributed by atoms with Crippen LogP contribution in [0.1, 0.15) is 0 Å². The van der Waals surface area contributed by atoms with Crippen LogP contribution in [0.3, 0.4) is 0 Å². The van der Waals surface area contributed by atoms with Gasteiger partial charge in [0.25, 0.3) is 0 Å². The number of carbonyl (C=O) groups is 1. The maximum Gasteiger partial charge on any atom is 0.353 e. The van der Waals surface area contributed by atoms with E-state index in [1.165, 1.54) is 12.5 Å². The maximum absolute atomic E-state index is 12.4. The van der Waals surface area contributed by atoms with Crippen LogP contribution in [0.25, 0.3) is 0 Å². The molecule has 0 fully saturated rings. The number of nitrogens with one attached hydrogen (secondary N) is 1. The topological polar surface area (TPSA) is 97.4 Å². The van der Waals surface area contributed by atoms with E-state index in [1.54, 1.807) is 42.6 Å². The summed E-state index contributed by atoms with van der Waals surface area (Å²) in [4.78, 5) is 16.1. The number of aromatic nitrogens is 1. The van der Waals surface area contributed by atoms with Gasteiger partial charge in [0.1, 0.15) is 0 Å². The van der Waals surface area contributed by atoms with Crippen molar-refractivity contribution in [3.8, 4) is 0 Å². The van der Waals surface area contributed by atoms with E-state index in [0.717, 1.165) is 0 Å². The van der Waals surface area contributed by atoms with Crippen LogP contribution >= 0.6 is 0 Å². The summed E-state index contributed by atoms with van der Waals surface area (Å²) in [5, 5.41) is 2.51. The van der Waals surface area contributed by atoms with Gasteiger partial charge in [-0.1, -0.05) is 0 Å². The Morgan fingerprint density at radius 1 is 1.30 bits per heavy atom. The van der Waals surface area contributed by atoms with Gasteiger partial charge in [-0.05, 0) is 36.4 Å². The zero-order valence-corrected chi connectivity index (χ0v) is 11.6. The number of nitrogens with zero attached hydrogens (tertiary/aromatic N) is 2. The minimum Gasteiger partial charge on any atom is -0.399 e. The molecule has 0 spiro atoms. The number of carbonyl (C=O) groups excluding carboxylic acids is 1. The Labute approximate surface area is 117 Å². The lowest BCUT2D eigenvalue weighted by atomic mass is 10.3. The van der Waals surface area contributed by atoms with E-state index in [0.29, 0.717) is 16.3 Å². The minimum absolute atomic E-state index is 0.452. The molecule has 0 aliphatic heterocycles. The van der Waals surface area contributed by atoms with E-state index >= 15 is 0 Å². The minimum atomic E-state index is -2.81. The van der Waals surface area contributed by atoms with Crippen LogP contribution < -0.4 is 11.1 Å². The van der Waals surface area contributed by atoms with Gasteiger partial charge in [-0.25, -0.2) is 9.00 Å². The van der Waals surface area contributed by atoms with Crippen LogP contribution in [0.2, 0.25) is 0 Å². The molecule has 20 heavy (non-hydrogen) atoms. The molecule has 6 nitrogen and oxygen atoms in total. The van der Waals surface area contributed by atoms with E-state index in [4.69, 9.17) is 5.73 Å². The summed E-state index contributed by atoms with van der Waals surface area (Å²) >= 11 is 0. The van der Waals surface area contributed by atoms with E-state index in [-0.39, 0.29) is 0 Å². The maximum atomic E-state index is 12.4. The molecule has 0 aliphatic rings. The van der Waals surface area contributed by atoms with Crippen molar-refractivity contribution in [1.82, 2.24) is 4.98 Å².